The first-order chi connectivity index (χ1) is 12.6. The molecule has 0 saturated carbocycles. The molecule has 1 fully saturated rings. The predicted octanol–water partition coefficient (Wildman–Crippen LogP) is 0.725. The molecule has 3 amide bonds. The van der Waals surface area contributed by atoms with Crippen molar-refractivity contribution in [1.29, 1.82) is 0 Å². The monoisotopic (exact) mass is 368 g/mol. The Morgan fingerprint density at radius 1 is 1.15 bits per heavy atom. The van der Waals surface area contributed by atoms with Crippen LogP contribution < -0.4 is 5.32 Å². The number of urea groups is 1. The van der Waals surface area contributed by atoms with Crippen molar-refractivity contribution in [3.8, 4) is 0 Å². The van der Waals surface area contributed by atoms with Gasteiger partial charge in [-0.25, -0.2) is 4.79 Å². The Bertz CT molecular complexity index is 511. The van der Waals surface area contributed by atoms with E-state index in [1.807, 2.05) is 0 Å². The first-order valence-electron chi connectivity index (χ1n) is 9.72. The highest BCUT2D eigenvalue weighted by atomic mass is 16.3. The third-order valence-corrected chi connectivity index (χ3v) is 5.00. The van der Waals surface area contributed by atoms with E-state index < -0.39 is 12.1 Å². The number of imide groups is 1. The zero-order valence-electron chi connectivity index (χ0n) is 15.7. The number of nitrogens with zero attached hydrogens (tertiary/aromatic N) is 3. The standard InChI is InChI=1S/C18H32N4O4/c1-21-16-15(19-10-11-20-16)17(25)22(18(21)26)12-8-6-4-2-3-5-7-9-14(24)13-23/h14-15,19,23-24H,2-13H2,1H3. The van der Waals surface area contributed by atoms with E-state index in [4.69, 9.17) is 5.11 Å². The molecule has 3 N–H and O–H groups in total. The van der Waals surface area contributed by atoms with Crippen LogP contribution >= 0.6 is 0 Å². The molecule has 0 bridgehead atoms. The molecule has 0 spiro atoms. The molecule has 8 heteroatoms. The second-order valence-corrected chi connectivity index (χ2v) is 7.06. The van der Waals surface area contributed by atoms with E-state index in [1.54, 1.807) is 7.05 Å². The molecular formula is C18H32N4O4. The normalized spacial score (nSPS) is 21.7. The molecule has 2 heterocycles. The van der Waals surface area contributed by atoms with Gasteiger partial charge in [0.2, 0.25) is 0 Å². The first kappa shape index (κ1) is 20.8. The van der Waals surface area contributed by atoms with Gasteiger partial charge in [0.1, 0.15) is 11.9 Å². The van der Waals surface area contributed by atoms with E-state index >= 15 is 0 Å². The summed E-state index contributed by atoms with van der Waals surface area (Å²) < 4.78 is 0. The van der Waals surface area contributed by atoms with Crippen molar-refractivity contribution < 1.29 is 19.8 Å². The summed E-state index contributed by atoms with van der Waals surface area (Å²) in [6, 6.07) is -0.767. The maximum Gasteiger partial charge on any atom is 0.331 e. The predicted molar refractivity (Wildman–Crippen MR) is 99.0 cm³/mol. The van der Waals surface area contributed by atoms with Gasteiger partial charge in [-0.2, -0.15) is 0 Å². The molecule has 2 aliphatic rings. The molecule has 2 atom stereocenters. The number of aliphatic hydroxyl groups is 2. The maximum atomic E-state index is 12.5. The second-order valence-electron chi connectivity index (χ2n) is 7.06. The molecule has 8 nitrogen and oxygen atoms in total. The fourth-order valence-electron chi connectivity index (χ4n) is 3.42. The number of hydrogen-bond acceptors (Lipinski definition) is 6. The number of carbonyl (C=O) groups is 2. The Morgan fingerprint density at radius 3 is 2.50 bits per heavy atom. The molecule has 0 aromatic rings. The minimum Gasteiger partial charge on any atom is -0.394 e. The van der Waals surface area contributed by atoms with E-state index in [0.29, 0.717) is 31.9 Å². The van der Waals surface area contributed by atoms with Gasteiger partial charge in [0.15, 0.2) is 0 Å². The van der Waals surface area contributed by atoms with Crippen molar-refractivity contribution in [3.63, 3.8) is 0 Å². The van der Waals surface area contributed by atoms with Crippen molar-refractivity contribution in [2.24, 2.45) is 4.99 Å². The largest absolute Gasteiger partial charge is 0.394 e. The van der Waals surface area contributed by atoms with E-state index in [1.165, 1.54) is 9.80 Å². The summed E-state index contributed by atoms with van der Waals surface area (Å²) in [6.45, 7) is 1.55. The molecule has 0 radical (unpaired) electrons. The van der Waals surface area contributed by atoms with Crippen molar-refractivity contribution in [2.75, 3.05) is 33.3 Å². The molecule has 0 aromatic carbocycles. The van der Waals surface area contributed by atoms with E-state index in [9.17, 15) is 14.7 Å². The fourth-order valence-corrected chi connectivity index (χ4v) is 3.42. The summed E-state index contributed by atoms with van der Waals surface area (Å²) >= 11 is 0. The van der Waals surface area contributed by atoms with Crippen LogP contribution in [0.2, 0.25) is 0 Å². The molecule has 1 saturated heterocycles. The lowest BCUT2D eigenvalue weighted by Crippen LogP contribution is -2.66. The number of fused-ring (bicyclic) bond motifs is 1. The summed E-state index contributed by atoms with van der Waals surface area (Å²) in [7, 11) is 1.67. The summed E-state index contributed by atoms with van der Waals surface area (Å²) in [6.07, 6.45) is 7.15. The van der Waals surface area contributed by atoms with Crippen LogP contribution in [-0.2, 0) is 4.79 Å². The smallest absolute Gasteiger partial charge is 0.331 e. The SMILES string of the molecule is CN1C(=O)N(CCCCCCCCCC(O)CO)C(=O)C2NCCN=C21. The highest BCUT2D eigenvalue weighted by Crippen LogP contribution is 2.16. The topological polar surface area (TPSA) is 105 Å². The Kier molecular flexibility index (Phi) is 8.47. The van der Waals surface area contributed by atoms with Crippen LogP contribution in [0.1, 0.15) is 51.4 Å². The quantitative estimate of drug-likeness (QED) is 0.466. The van der Waals surface area contributed by atoms with Gasteiger partial charge in [0, 0.05) is 20.1 Å². The van der Waals surface area contributed by atoms with Crippen LogP contribution in [0.4, 0.5) is 4.79 Å². The van der Waals surface area contributed by atoms with Crippen LogP contribution in [0.25, 0.3) is 0 Å². The third kappa shape index (κ3) is 5.49. The average Bonchev–Trinajstić information content (AvgIpc) is 2.66. The third-order valence-electron chi connectivity index (χ3n) is 5.00. The van der Waals surface area contributed by atoms with Gasteiger partial charge in [0.05, 0.1) is 19.3 Å². The van der Waals surface area contributed by atoms with E-state index in [2.05, 4.69) is 10.3 Å². The van der Waals surface area contributed by atoms with Crippen molar-refractivity contribution in [3.05, 3.63) is 0 Å². The Labute approximate surface area is 155 Å². The number of hydrogen-bond donors (Lipinski definition) is 3. The van der Waals surface area contributed by atoms with Crippen LogP contribution in [0.15, 0.2) is 4.99 Å². The number of rotatable bonds is 11. The minimum absolute atomic E-state index is 0.160. The van der Waals surface area contributed by atoms with Gasteiger partial charge in [-0.15, -0.1) is 0 Å². The molecular weight excluding hydrogens is 336 g/mol. The van der Waals surface area contributed by atoms with Crippen molar-refractivity contribution >= 4 is 17.8 Å². The number of amides is 3. The lowest BCUT2D eigenvalue weighted by atomic mass is 10.1. The number of carbonyl (C=O) groups excluding carboxylic acids is 2. The molecule has 2 unspecified atom stereocenters. The molecule has 148 valence electrons. The highest BCUT2D eigenvalue weighted by Gasteiger charge is 2.42. The molecule has 26 heavy (non-hydrogen) atoms. The molecule has 0 aliphatic carbocycles. The number of likely N-dealkylation sites (N-methyl/N-ethyl adjacent to an activating group) is 1. The summed E-state index contributed by atoms with van der Waals surface area (Å²) in [5.74, 6) is 0.350. The fraction of sp³-hybridized carbons (Fsp3) is 0.833. The van der Waals surface area contributed by atoms with Crippen molar-refractivity contribution in [1.82, 2.24) is 15.1 Å². The Balaban J connectivity index is 1.62. The minimum atomic E-state index is -0.586. The van der Waals surface area contributed by atoms with Crippen LogP contribution in [0, 0.1) is 0 Å². The molecule has 0 aromatic heterocycles. The number of amidine groups is 1. The van der Waals surface area contributed by atoms with Gasteiger partial charge in [-0.3, -0.25) is 24.9 Å². The van der Waals surface area contributed by atoms with E-state index in [-0.39, 0.29) is 18.5 Å². The zero-order chi connectivity index (χ0) is 18.9. The molecule has 2 rings (SSSR count). The summed E-state index contributed by atoms with van der Waals surface area (Å²) in [4.78, 5) is 32.1. The summed E-state index contributed by atoms with van der Waals surface area (Å²) in [5.41, 5.74) is 0. The number of unbranched alkanes of at least 4 members (excludes halogenated alkanes) is 6. The number of aliphatic imine (C=N–C) groups is 1. The zero-order valence-corrected chi connectivity index (χ0v) is 15.7. The van der Waals surface area contributed by atoms with Crippen LogP contribution in [0.3, 0.4) is 0 Å². The highest BCUT2D eigenvalue weighted by molar-refractivity contribution is 6.20. The first-order valence-corrected chi connectivity index (χ1v) is 9.72. The maximum absolute atomic E-state index is 12.5. The lowest BCUT2D eigenvalue weighted by molar-refractivity contribution is -0.130. The van der Waals surface area contributed by atoms with Gasteiger partial charge in [0.25, 0.3) is 5.91 Å². The van der Waals surface area contributed by atoms with Crippen LogP contribution in [-0.4, -0.2) is 83.2 Å². The van der Waals surface area contributed by atoms with Gasteiger partial charge in [-0.1, -0.05) is 38.5 Å². The van der Waals surface area contributed by atoms with Crippen LogP contribution in [0.5, 0.6) is 0 Å². The second kappa shape index (κ2) is 10.6. The Morgan fingerprint density at radius 2 is 1.81 bits per heavy atom. The Hall–Kier alpha value is -1.51. The lowest BCUT2D eigenvalue weighted by Gasteiger charge is -2.39. The van der Waals surface area contributed by atoms with E-state index in [0.717, 1.165) is 44.9 Å². The van der Waals surface area contributed by atoms with Gasteiger partial charge in [-0.05, 0) is 12.8 Å². The molecule has 2 aliphatic heterocycles. The van der Waals surface area contributed by atoms with Gasteiger partial charge >= 0.3 is 6.03 Å². The average molecular weight is 368 g/mol. The summed E-state index contributed by atoms with van der Waals surface area (Å²) in [5, 5.41) is 21.2. The van der Waals surface area contributed by atoms with Gasteiger partial charge < -0.3 is 10.2 Å². The number of aliphatic hydroxyl groups excluding tert-OH is 2. The number of nitrogens with one attached hydrogen (secondary N) is 1. The van der Waals surface area contributed by atoms with Crippen molar-refractivity contribution in [2.45, 2.75) is 63.5 Å².